The average molecular weight is 434 g/mol. The molecule has 2 aliphatic heterocycles. The fourth-order valence-electron chi connectivity index (χ4n) is 4.38. The Bertz CT molecular complexity index is 1330. The van der Waals surface area contributed by atoms with E-state index in [-0.39, 0.29) is 37.1 Å². The molecule has 1 saturated heterocycles. The molecule has 3 heterocycles. The molecule has 3 N–H and O–H groups in total. The number of nitrogens with one attached hydrogen (secondary N) is 3. The van der Waals surface area contributed by atoms with E-state index in [2.05, 4.69) is 15.6 Å². The number of amides is 4. The number of aromatic amines is 1. The number of imide groups is 1. The van der Waals surface area contributed by atoms with Crippen LogP contribution in [0.5, 0.6) is 0 Å². The first-order valence-electron chi connectivity index (χ1n) is 10.2. The zero-order valence-electron chi connectivity index (χ0n) is 17.1. The lowest BCUT2D eigenvalue weighted by Crippen LogP contribution is -2.52. The summed E-state index contributed by atoms with van der Waals surface area (Å²) >= 11 is 0. The largest absolute Gasteiger partial charge is 0.350 e. The third-order valence-electron chi connectivity index (χ3n) is 6.03. The highest BCUT2D eigenvalue weighted by molar-refractivity contribution is 6.09. The zero-order valence-corrected chi connectivity index (χ0v) is 17.1. The van der Waals surface area contributed by atoms with Crippen molar-refractivity contribution in [3.63, 3.8) is 0 Å². The quantitative estimate of drug-likeness (QED) is 0.550. The van der Waals surface area contributed by atoms with Gasteiger partial charge in [0.1, 0.15) is 17.6 Å². The number of nitrogens with zero attached hydrogens (tertiary/aromatic N) is 1. The minimum Gasteiger partial charge on any atom is -0.350 e. The Balaban J connectivity index is 1.36. The van der Waals surface area contributed by atoms with Crippen LogP contribution in [-0.4, -0.2) is 39.6 Å². The maximum atomic E-state index is 13.5. The average Bonchev–Trinajstić information content (AvgIpc) is 3.24. The third-order valence-corrected chi connectivity index (χ3v) is 6.03. The highest BCUT2D eigenvalue weighted by Crippen LogP contribution is 2.30. The summed E-state index contributed by atoms with van der Waals surface area (Å²) in [5.41, 5.74) is 3.21. The summed E-state index contributed by atoms with van der Waals surface area (Å²) in [6.07, 6.45) is 0.472. The van der Waals surface area contributed by atoms with Gasteiger partial charge in [-0.2, -0.15) is 0 Å². The molecule has 2 aromatic carbocycles. The van der Waals surface area contributed by atoms with Crippen molar-refractivity contribution < 1.29 is 23.6 Å². The number of carbonyl (C=O) groups excluding carboxylic acids is 4. The summed E-state index contributed by atoms with van der Waals surface area (Å²) in [7, 11) is 0. The van der Waals surface area contributed by atoms with Crippen molar-refractivity contribution in [2.75, 3.05) is 5.32 Å². The number of piperidine rings is 1. The van der Waals surface area contributed by atoms with Crippen LogP contribution in [0, 0.1) is 12.7 Å². The second-order valence-electron chi connectivity index (χ2n) is 8.04. The molecule has 8 nitrogen and oxygen atoms in total. The van der Waals surface area contributed by atoms with Gasteiger partial charge in [0.15, 0.2) is 0 Å². The Morgan fingerprint density at radius 2 is 1.97 bits per heavy atom. The van der Waals surface area contributed by atoms with Crippen LogP contribution in [-0.2, 0) is 16.1 Å². The maximum absolute atomic E-state index is 13.5. The van der Waals surface area contributed by atoms with E-state index in [1.165, 1.54) is 17.0 Å². The van der Waals surface area contributed by atoms with Crippen molar-refractivity contribution in [3.8, 4) is 0 Å². The standard InChI is InChI=1S/C23H19FN4O4/c1-11-15-4-2-13(24)9-17(15)26-20(11)22(31)25-14-3-5-16-12(8-14)10-28(23(16)32)18-6-7-19(29)27-21(18)30/h2-5,8-9,18,26H,6-7,10H2,1H3,(H,25,31)(H,27,29,30). The van der Waals surface area contributed by atoms with Crippen molar-refractivity contribution >= 4 is 40.2 Å². The fourth-order valence-corrected chi connectivity index (χ4v) is 4.38. The van der Waals surface area contributed by atoms with Gasteiger partial charge >= 0.3 is 0 Å². The third kappa shape index (κ3) is 3.22. The predicted octanol–water partition coefficient (Wildman–Crippen LogP) is 2.63. The molecule has 1 aromatic heterocycles. The monoisotopic (exact) mass is 434 g/mol. The van der Waals surface area contributed by atoms with E-state index < -0.39 is 17.8 Å². The normalized spacial score (nSPS) is 18.1. The molecule has 0 radical (unpaired) electrons. The highest BCUT2D eigenvalue weighted by atomic mass is 19.1. The number of hydrogen-bond donors (Lipinski definition) is 3. The first kappa shape index (κ1) is 19.9. The number of carbonyl (C=O) groups is 4. The van der Waals surface area contributed by atoms with E-state index in [1.54, 1.807) is 31.2 Å². The lowest BCUT2D eigenvalue weighted by Gasteiger charge is -2.29. The molecule has 0 aliphatic carbocycles. The molecule has 5 rings (SSSR count). The van der Waals surface area contributed by atoms with Gasteiger partial charge in [-0.1, -0.05) is 0 Å². The molecule has 1 atom stereocenters. The van der Waals surface area contributed by atoms with Crippen LogP contribution in [0.15, 0.2) is 36.4 Å². The molecule has 0 saturated carbocycles. The van der Waals surface area contributed by atoms with E-state index in [9.17, 15) is 23.6 Å². The number of anilines is 1. The van der Waals surface area contributed by atoms with Crippen molar-refractivity contribution in [1.29, 1.82) is 0 Å². The number of halogens is 1. The van der Waals surface area contributed by atoms with E-state index in [0.717, 1.165) is 5.39 Å². The Labute approximate surface area is 181 Å². The number of aromatic nitrogens is 1. The van der Waals surface area contributed by atoms with E-state index in [1.807, 2.05) is 0 Å². The molecule has 0 bridgehead atoms. The van der Waals surface area contributed by atoms with Crippen molar-refractivity contribution in [2.24, 2.45) is 0 Å². The number of rotatable bonds is 3. The lowest BCUT2D eigenvalue weighted by molar-refractivity contribution is -0.136. The Morgan fingerprint density at radius 1 is 1.16 bits per heavy atom. The number of fused-ring (bicyclic) bond motifs is 2. The van der Waals surface area contributed by atoms with Crippen LogP contribution in [0.4, 0.5) is 10.1 Å². The summed E-state index contributed by atoms with van der Waals surface area (Å²) < 4.78 is 13.5. The summed E-state index contributed by atoms with van der Waals surface area (Å²) in [6.45, 7) is 2.00. The molecule has 1 unspecified atom stereocenters. The van der Waals surface area contributed by atoms with Crippen LogP contribution < -0.4 is 10.6 Å². The summed E-state index contributed by atoms with van der Waals surface area (Å²) in [4.78, 5) is 53.6. The van der Waals surface area contributed by atoms with Gasteiger partial charge in [0, 0.05) is 35.1 Å². The summed E-state index contributed by atoms with van der Waals surface area (Å²) in [6, 6.07) is 8.56. The van der Waals surface area contributed by atoms with Gasteiger partial charge in [0.2, 0.25) is 11.8 Å². The van der Waals surface area contributed by atoms with Crippen LogP contribution in [0.25, 0.3) is 10.9 Å². The topological polar surface area (TPSA) is 111 Å². The van der Waals surface area contributed by atoms with Crippen LogP contribution in [0.1, 0.15) is 44.8 Å². The van der Waals surface area contributed by atoms with Crippen molar-refractivity contribution in [1.82, 2.24) is 15.2 Å². The lowest BCUT2D eigenvalue weighted by atomic mass is 10.0. The number of aryl methyl sites for hydroxylation is 1. The SMILES string of the molecule is Cc1c(C(=O)Nc2ccc3c(c2)CN(C2CCC(=O)NC2=O)C3=O)[nH]c2cc(F)ccc12. The second kappa shape index (κ2) is 7.30. The van der Waals surface area contributed by atoms with E-state index in [4.69, 9.17) is 0 Å². The highest BCUT2D eigenvalue weighted by Gasteiger charge is 2.39. The Kier molecular flexibility index (Phi) is 4.54. The fraction of sp³-hybridized carbons (Fsp3) is 0.217. The van der Waals surface area contributed by atoms with Gasteiger partial charge in [-0.3, -0.25) is 24.5 Å². The Morgan fingerprint density at radius 3 is 2.75 bits per heavy atom. The molecule has 1 fully saturated rings. The molecule has 32 heavy (non-hydrogen) atoms. The van der Waals surface area contributed by atoms with E-state index in [0.29, 0.717) is 33.6 Å². The van der Waals surface area contributed by atoms with Gasteiger partial charge in [0.05, 0.1) is 0 Å². The molecule has 3 aromatic rings. The minimum atomic E-state index is -0.694. The first-order valence-corrected chi connectivity index (χ1v) is 10.2. The minimum absolute atomic E-state index is 0.186. The van der Waals surface area contributed by atoms with Gasteiger partial charge in [-0.05, 0) is 60.9 Å². The summed E-state index contributed by atoms with van der Waals surface area (Å²) in [5.74, 6) is -1.86. The summed E-state index contributed by atoms with van der Waals surface area (Å²) in [5, 5.41) is 5.84. The van der Waals surface area contributed by atoms with Crippen LogP contribution >= 0.6 is 0 Å². The predicted molar refractivity (Wildman–Crippen MR) is 113 cm³/mol. The van der Waals surface area contributed by atoms with Crippen LogP contribution in [0.3, 0.4) is 0 Å². The molecular formula is C23H19FN4O4. The van der Waals surface area contributed by atoms with E-state index >= 15 is 0 Å². The second-order valence-corrected chi connectivity index (χ2v) is 8.04. The van der Waals surface area contributed by atoms with Crippen molar-refractivity contribution in [2.45, 2.75) is 32.4 Å². The number of benzene rings is 2. The maximum Gasteiger partial charge on any atom is 0.272 e. The molecule has 4 amide bonds. The Hall–Kier alpha value is -4.01. The smallest absolute Gasteiger partial charge is 0.272 e. The van der Waals surface area contributed by atoms with Crippen molar-refractivity contribution in [3.05, 3.63) is 64.6 Å². The number of hydrogen-bond acceptors (Lipinski definition) is 4. The van der Waals surface area contributed by atoms with Crippen LogP contribution in [0.2, 0.25) is 0 Å². The molecular weight excluding hydrogens is 415 g/mol. The van der Waals surface area contributed by atoms with Gasteiger partial charge in [-0.25, -0.2) is 4.39 Å². The zero-order chi connectivity index (χ0) is 22.6. The molecule has 9 heteroatoms. The van der Waals surface area contributed by atoms with Gasteiger partial charge in [0.25, 0.3) is 11.8 Å². The van der Waals surface area contributed by atoms with Gasteiger partial charge in [-0.15, -0.1) is 0 Å². The number of H-pyrrole nitrogens is 1. The molecule has 0 spiro atoms. The van der Waals surface area contributed by atoms with Gasteiger partial charge < -0.3 is 15.2 Å². The molecule has 162 valence electrons. The molecule has 2 aliphatic rings. The first-order chi connectivity index (χ1) is 15.3.